The molecule has 3 heterocycles. The van der Waals surface area contributed by atoms with Gasteiger partial charge in [-0.1, -0.05) is 29.3 Å². The maximum Gasteiger partial charge on any atom is 0.325 e. The molecule has 2 aliphatic heterocycles. The molecule has 0 radical (unpaired) electrons. The predicted molar refractivity (Wildman–Crippen MR) is 135 cm³/mol. The Kier molecular flexibility index (Phi) is 6.52. The molecule has 1 aliphatic carbocycles. The van der Waals surface area contributed by atoms with Gasteiger partial charge in [0.15, 0.2) is 0 Å². The van der Waals surface area contributed by atoms with Gasteiger partial charge in [0.1, 0.15) is 29.9 Å². The number of anilines is 2. The van der Waals surface area contributed by atoms with Crippen LogP contribution in [0.1, 0.15) is 25.0 Å². The second kappa shape index (κ2) is 9.72. The van der Waals surface area contributed by atoms with Crippen LogP contribution in [0.4, 0.5) is 16.0 Å². The number of aliphatic imine (C=N–C) groups is 1. The quantitative estimate of drug-likeness (QED) is 0.641. The second-order valence-electron chi connectivity index (χ2n) is 8.95. The summed E-state index contributed by atoms with van der Waals surface area (Å²) >= 11 is 6.68. The van der Waals surface area contributed by atoms with E-state index in [0.717, 1.165) is 49.8 Å². The highest BCUT2D eigenvalue weighted by Crippen LogP contribution is 2.38. The minimum Gasteiger partial charge on any atom is -0.423 e. The highest BCUT2D eigenvalue weighted by atomic mass is 35.5. The summed E-state index contributed by atoms with van der Waals surface area (Å²) < 4.78 is 18.9. The average Bonchev–Trinajstić information content (AvgIpc) is 3.41. The molecule has 1 aromatic heterocycles. The van der Waals surface area contributed by atoms with Gasteiger partial charge in [-0.05, 0) is 43.5 Å². The standard InChI is InChI=1S/C25H28ClFN6O/c1-16-11-18-3-4-20(24(26)19(18)12-16)34-25-30-22(29-21-13-17(2)15-28-21)14-23(31-25)33-9-7-32(6-5-27)8-10-33/h3-4,12-14H,5-11,15H2,1-2H3,(H,28,29,30,31). The van der Waals surface area contributed by atoms with Crippen molar-refractivity contribution in [3.05, 3.63) is 51.6 Å². The van der Waals surface area contributed by atoms with Crippen LogP contribution in [0.2, 0.25) is 5.02 Å². The number of rotatable bonds is 6. The number of hydrogen-bond donors (Lipinski definition) is 1. The van der Waals surface area contributed by atoms with Gasteiger partial charge in [-0.2, -0.15) is 9.97 Å². The third kappa shape index (κ3) is 4.93. The highest BCUT2D eigenvalue weighted by Gasteiger charge is 2.22. The summed E-state index contributed by atoms with van der Waals surface area (Å²) in [5, 5.41) is 3.85. The van der Waals surface area contributed by atoms with Crippen LogP contribution < -0.4 is 15.0 Å². The summed E-state index contributed by atoms with van der Waals surface area (Å²) in [6.07, 6.45) is 5.00. The molecule has 9 heteroatoms. The Balaban J connectivity index is 1.43. The van der Waals surface area contributed by atoms with Gasteiger partial charge in [0.05, 0.1) is 11.6 Å². The van der Waals surface area contributed by atoms with Crippen molar-refractivity contribution in [3.8, 4) is 11.8 Å². The normalized spacial score (nSPS) is 17.9. The largest absolute Gasteiger partial charge is 0.423 e. The number of hydrogen-bond acceptors (Lipinski definition) is 7. The van der Waals surface area contributed by atoms with E-state index in [2.05, 4.69) is 38.1 Å². The first-order chi connectivity index (χ1) is 16.5. The summed E-state index contributed by atoms with van der Waals surface area (Å²) in [4.78, 5) is 18.1. The summed E-state index contributed by atoms with van der Waals surface area (Å²) in [5.41, 5.74) is 4.65. The first kappa shape index (κ1) is 22.8. The molecule has 0 unspecified atom stereocenters. The Bertz CT molecular complexity index is 1190. The third-order valence-corrected chi connectivity index (χ3v) is 6.61. The van der Waals surface area contributed by atoms with Crippen LogP contribution in [0, 0.1) is 0 Å². The van der Waals surface area contributed by atoms with Crippen molar-refractivity contribution >= 4 is 35.1 Å². The lowest BCUT2D eigenvalue weighted by atomic mass is 10.1. The van der Waals surface area contributed by atoms with Crippen LogP contribution in [0.5, 0.6) is 11.8 Å². The molecule has 1 aromatic carbocycles. The number of nitrogens with zero attached hydrogens (tertiary/aromatic N) is 5. The minimum atomic E-state index is -0.329. The fourth-order valence-corrected chi connectivity index (χ4v) is 4.72. The Labute approximate surface area is 204 Å². The number of amidine groups is 1. The van der Waals surface area contributed by atoms with Crippen LogP contribution in [0.15, 0.2) is 40.4 Å². The molecule has 0 atom stereocenters. The van der Waals surface area contributed by atoms with Gasteiger partial charge in [-0.3, -0.25) is 9.89 Å². The van der Waals surface area contributed by atoms with Crippen molar-refractivity contribution in [2.24, 2.45) is 4.99 Å². The van der Waals surface area contributed by atoms with E-state index in [0.29, 0.717) is 29.7 Å². The van der Waals surface area contributed by atoms with E-state index in [-0.39, 0.29) is 12.7 Å². The molecule has 3 aliphatic rings. The van der Waals surface area contributed by atoms with Crippen molar-refractivity contribution < 1.29 is 9.13 Å². The van der Waals surface area contributed by atoms with E-state index < -0.39 is 0 Å². The van der Waals surface area contributed by atoms with Crippen LogP contribution in [0.3, 0.4) is 0 Å². The van der Waals surface area contributed by atoms with Gasteiger partial charge >= 0.3 is 6.01 Å². The number of halogens is 2. The molecule has 5 rings (SSSR count). The van der Waals surface area contributed by atoms with Gasteiger partial charge in [0.25, 0.3) is 0 Å². The SMILES string of the molecule is CC1=CC(Nc2cc(N3CCN(CCF)CC3)nc(Oc3ccc4c(c3Cl)C=C(C)C4)n2)=NC1. The average molecular weight is 483 g/mol. The second-order valence-corrected chi connectivity index (χ2v) is 9.33. The number of ether oxygens (including phenoxy) is 1. The molecular weight excluding hydrogens is 455 g/mol. The first-order valence-corrected chi connectivity index (χ1v) is 11.9. The predicted octanol–water partition coefficient (Wildman–Crippen LogP) is 4.74. The molecule has 34 heavy (non-hydrogen) atoms. The van der Waals surface area contributed by atoms with E-state index in [1.165, 1.54) is 16.7 Å². The molecule has 1 saturated heterocycles. The van der Waals surface area contributed by atoms with E-state index in [9.17, 15) is 4.39 Å². The maximum atomic E-state index is 12.7. The molecule has 1 N–H and O–H groups in total. The fraction of sp³-hybridized carbons (Fsp3) is 0.400. The Morgan fingerprint density at radius 1 is 1.09 bits per heavy atom. The van der Waals surface area contributed by atoms with E-state index in [1.54, 1.807) is 0 Å². The lowest BCUT2D eigenvalue weighted by Crippen LogP contribution is -2.47. The van der Waals surface area contributed by atoms with Crippen molar-refractivity contribution in [1.82, 2.24) is 14.9 Å². The highest BCUT2D eigenvalue weighted by molar-refractivity contribution is 6.33. The van der Waals surface area contributed by atoms with Crippen molar-refractivity contribution in [2.45, 2.75) is 20.3 Å². The van der Waals surface area contributed by atoms with E-state index in [1.807, 2.05) is 31.2 Å². The third-order valence-electron chi connectivity index (χ3n) is 6.22. The number of piperazine rings is 1. The molecule has 0 amide bonds. The molecule has 178 valence electrons. The van der Waals surface area contributed by atoms with Crippen LogP contribution in [-0.2, 0) is 6.42 Å². The van der Waals surface area contributed by atoms with Crippen LogP contribution in [-0.4, -0.2) is 66.6 Å². The lowest BCUT2D eigenvalue weighted by molar-refractivity contribution is 0.235. The maximum absolute atomic E-state index is 12.7. The van der Waals surface area contributed by atoms with Gasteiger partial charge in [-0.15, -0.1) is 0 Å². The van der Waals surface area contributed by atoms with Gasteiger partial charge < -0.3 is 15.0 Å². The Morgan fingerprint density at radius 3 is 2.65 bits per heavy atom. The number of benzene rings is 1. The molecule has 1 fully saturated rings. The molecule has 0 saturated carbocycles. The van der Waals surface area contributed by atoms with E-state index >= 15 is 0 Å². The zero-order valence-corrected chi connectivity index (χ0v) is 20.2. The smallest absolute Gasteiger partial charge is 0.325 e. The Hall–Kier alpha value is -2.97. The summed E-state index contributed by atoms with van der Waals surface area (Å²) in [6.45, 7) is 8.02. The molecular formula is C25H28ClFN6O. The molecule has 0 spiro atoms. The monoisotopic (exact) mass is 482 g/mol. The number of alkyl halides is 1. The van der Waals surface area contributed by atoms with Crippen molar-refractivity contribution in [3.63, 3.8) is 0 Å². The molecule has 2 aromatic rings. The summed E-state index contributed by atoms with van der Waals surface area (Å²) in [6, 6.07) is 6.03. The van der Waals surface area contributed by atoms with Crippen molar-refractivity contribution in [1.29, 1.82) is 0 Å². The number of aromatic nitrogens is 2. The van der Waals surface area contributed by atoms with E-state index in [4.69, 9.17) is 21.3 Å². The molecule has 7 nitrogen and oxygen atoms in total. The van der Waals surface area contributed by atoms with Gasteiger partial charge in [0, 0.05) is 44.4 Å². The zero-order chi connectivity index (χ0) is 23.7. The zero-order valence-electron chi connectivity index (χ0n) is 19.4. The number of fused-ring (bicyclic) bond motifs is 1. The van der Waals surface area contributed by atoms with Crippen LogP contribution >= 0.6 is 11.6 Å². The lowest BCUT2D eigenvalue weighted by Gasteiger charge is -2.35. The van der Waals surface area contributed by atoms with Gasteiger partial charge in [0.2, 0.25) is 0 Å². The topological polar surface area (TPSA) is 65.9 Å². The number of nitrogens with one attached hydrogen (secondary N) is 1. The van der Waals surface area contributed by atoms with Gasteiger partial charge in [-0.25, -0.2) is 4.39 Å². The van der Waals surface area contributed by atoms with Crippen LogP contribution in [0.25, 0.3) is 6.08 Å². The first-order valence-electron chi connectivity index (χ1n) is 11.6. The summed E-state index contributed by atoms with van der Waals surface area (Å²) in [5.74, 6) is 2.64. The number of allylic oxidation sites excluding steroid dienone is 1. The molecule has 0 bridgehead atoms. The summed E-state index contributed by atoms with van der Waals surface area (Å²) in [7, 11) is 0. The fourth-order valence-electron chi connectivity index (χ4n) is 4.44. The minimum absolute atomic E-state index is 0.214. The van der Waals surface area contributed by atoms with Crippen molar-refractivity contribution in [2.75, 3.05) is 56.2 Å². The Morgan fingerprint density at radius 2 is 1.91 bits per heavy atom.